The summed E-state index contributed by atoms with van der Waals surface area (Å²) in [5, 5.41) is 11.9. The van der Waals surface area contributed by atoms with Gasteiger partial charge in [-0.05, 0) is 42.0 Å². The molecule has 0 N–H and O–H groups in total. The number of anilines is 1. The van der Waals surface area contributed by atoms with Crippen molar-refractivity contribution in [3.05, 3.63) is 111 Å². The molecule has 168 valence electrons. The van der Waals surface area contributed by atoms with Crippen molar-refractivity contribution in [3.63, 3.8) is 0 Å². The standard InChI is InChI=1S/C25H16FN3O3S2/c26-18-7-11-19(12-8-18)28-24(30)23(34-25(28)33)13-17-15-27(22-4-2-1-3-21(17)22)14-16-5-9-20(10-6-16)29(31)32/h1-13,15H,14H2. The Kier molecular flexibility index (Phi) is 5.72. The van der Waals surface area contributed by atoms with Crippen molar-refractivity contribution >= 4 is 62.6 Å². The van der Waals surface area contributed by atoms with Crippen LogP contribution in [0.25, 0.3) is 17.0 Å². The SMILES string of the molecule is O=C1C(=Cc2cn(Cc3ccc([N+](=O)[O-])cc3)c3ccccc23)SC(=S)N1c1ccc(F)cc1. The van der Waals surface area contributed by atoms with Crippen LogP contribution in [0.5, 0.6) is 0 Å². The molecule has 5 rings (SSSR count). The number of nitro groups is 1. The van der Waals surface area contributed by atoms with E-state index in [0.717, 1.165) is 22.0 Å². The van der Waals surface area contributed by atoms with Crippen LogP contribution in [0, 0.1) is 15.9 Å². The Morgan fingerprint density at radius 3 is 2.44 bits per heavy atom. The zero-order valence-corrected chi connectivity index (χ0v) is 19.2. The summed E-state index contributed by atoms with van der Waals surface area (Å²) >= 11 is 6.63. The molecule has 0 radical (unpaired) electrons. The van der Waals surface area contributed by atoms with Crippen LogP contribution in [0.4, 0.5) is 15.8 Å². The number of para-hydroxylation sites is 1. The summed E-state index contributed by atoms with van der Waals surface area (Å²) in [5.74, 6) is -0.639. The number of hydrogen-bond acceptors (Lipinski definition) is 5. The van der Waals surface area contributed by atoms with E-state index < -0.39 is 4.92 Å². The van der Waals surface area contributed by atoms with Gasteiger partial charge in [0.1, 0.15) is 5.82 Å². The summed E-state index contributed by atoms with van der Waals surface area (Å²) in [6.07, 6.45) is 3.77. The predicted molar refractivity (Wildman–Crippen MR) is 136 cm³/mol. The highest BCUT2D eigenvalue weighted by molar-refractivity contribution is 8.27. The lowest BCUT2D eigenvalue weighted by molar-refractivity contribution is -0.384. The van der Waals surface area contributed by atoms with Crippen LogP contribution in [0.15, 0.2) is 83.9 Å². The molecule has 0 bridgehead atoms. The highest BCUT2D eigenvalue weighted by Crippen LogP contribution is 2.37. The smallest absolute Gasteiger partial charge is 0.270 e. The van der Waals surface area contributed by atoms with Crippen LogP contribution in [0.1, 0.15) is 11.1 Å². The van der Waals surface area contributed by atoms with E-state index >= 15 is 0 Å². The molecule has 1 amide bonds. The average Bonchev–Trinajstić information content (AvgIpc) is 3.31. The van der Waals surface area contributed by atoms with E-state index in [-0.39, 0.29) is 17.4 Å². The lowest BCUT2D eigenvalue weighted by Crippen LogP contribution is -2.27. The molecule has 4 aromatic rings. The number of non-ortho nitro benzene ring substituents is 1. The Balaban J connectivity index is 1.48. The number of fused-ring (bicyclic) bond motifs is 1. The number of rotatable bonds is 5. The third-order valence-electron chi connectivity index (χ3n) is 5.48. The minimum absolute atomic E-state index is 0.0463. The first-order valence-electron chi connectivity index (χ1n) is 10.3. The summed E-state index contributed by atoms with van der Waals surface area (Å²) in [5.41, 5.74) is 3.32. The number of aromatic nitrogens is 1. The van der Waals surface area contributed by atoms with Crippen molar-refractivity contribution in [1.29, 1.82) is 0 Å². The quantitative estimate of drug-likeness (QED) is 0.146. The molecule has 3 aromatic carbocycles. The Bertz CT molecular complexity index is 1480. The number of thiocarbonyl (C=S) groups is 1. The molecule has 2 heterocycles. The van der Waals surface area contributed by atoms with Gasteiger partial charge in [0.05, 0.1) is 15.5 Å². The second-order valence-electron chi connectivity index (χ2n) is 7.65. The van der Waals surface area contributed by atoms with Crippen molar-refractivity contribution in [2.75, 3.05) is 4.90 Å². The third-order valence-corrected chi connectivity index (χ3v) is 6.79. The lowest BCUT2D eigenvalue weighted by atomic mass is 10.1. The number of amides is 1. The Labute approximate surface area is 203 Å². The molecule has 0 spiro atoms. The first kappa shape index (κ1) is 22.0. The van der Waals surface area contributed by atoms with Gasteiger partial charge < -0.3 is 4.57 Å². The van der Waals surface area contributed by atoms with Gasteiger partial charge in [0.15, 0.2) is 4.32 Å². The van der Waals surface area contributed by atoms with Gasteiger partial charge >= 0.3 is 0 Å². The fourth-order valence-corrected chi connectivity index (χ4v) is 5.15. The van der Waals surface area contributed by atoms with Gasteiger partial charge in [-0.25, -0.2) is 4.39 Å². The van der Waals surface area contributed by atoms with Crippen LogP contribution < -0.4 is 4.90 Å². The van der Waals surface area contributed by atoms with Crippen molar-refractivity contribution in [1.82, 2.24) is 4.57 Å². The lowest BCUT2D eigenvalue weighted by Gasteiger charge is -2.14. The van der Waals surface area contributed by atoms with Crippen molar-refractivity contribution < 1.29 is 14.1 Å². The zero-order chi connectivity index (χ0) is 23.8. The van der Waals surface area contributed by atoms with Gasteiger partial charge in [-0.3, -0.25) is 19.8 Å². The summed E-state index contributed by atoms with van der Waals surface area (Å²) in [6.45, 7) is 0.517. The molecule has 0 unspecified atom stereocenters. The third kappa shape index (κ3) is 4.11. The molecule has 1 saturated heterocycles. The Morgan fingerprint density at radius 2 is 1.74 bits per heavy atom. The number of carbonyl (C=O) groups excluding carboxylic acids is 1. The molecule has 0 atom stereocenters. The topological polar surface area (TPSA) is 68.4 Å². The van der Waals surface area contributed by atoms with E-state index in [9.17, 15) is 19.3 Å². The fraction of sp³-hybridized carbons (Fsp3) is 0.0400. The van der Waals surface area contributed by atoms with E-state index in [1.54, 1.807) is 12.1 Å². The summed E-state index contributed by atoms with van der Waals surface area (Å²) in [6, 6.07) is 19.9. The van der Waals surface area contributed by atoms with Crippen molar-refractivity contribution in [2.45, 2.75) is 6.54 Å². The number of nitrogens with zero attached hydrogens (tertiary/aromatic N) is 3. The zero-order valence-electron chi connectivity index (χ0n) is 17.6. The van der Waals surface area contributed by atoms with Crippen LogP contribution in [-0.2, 0) is 11.3 Å². The number of thioether (sulfide) groups is 1. The molecule has 1 aliphatic rings. The summed E-state index contributed by atoms with van der Waals surface area (Å²) in [7, 11) is 0. The maximum Gasteiger partial charge on any atom is 0.270 e. The second-order valence-corrected chi connectivity index (χ2v) is 9.32. The van der Waals surface area contributed by atoms with Gasteiger partial charge in [0.25, 0.3) is 11.6 Å². The van der Waals surface area contributed by atoms with Gasteiger partial charge in [0, 0.05) is 41.3 Å². The second kappa shape index (κ2) is 8.85. The van der Waals surface area contributed by atoms with E-state index in [1.165, 1.54) is 53.1 Å². The number of nitro benzene ring substituents is 1. The molecule has 9 heteroatoms. The van der Waals surface area contributed by atoms with E-state index in [1.807, 2.05) is 41.1 Å². The Hall–Kier alpha value is -3.82. The van der Waals surface area contributed by atoms with E-state index in [0.29, 0.717) is 21.5 Å². The molecule has 1 aliphatic heterocycles. The van der Waals surface area contributed by atoms with Crippen LogP contribution >= 0.6 is 24.0 Å². The van der Waals surface area contributed by atoms with Crippen LogP contribution in [-0.4, -0.2) is 19.7 Å². The predicted octanol–water partition coefficient (Wildman–Crippen LogP) is 6.14. The van der Waals surface area contributed by atoms with Gasteiger partial charge in [-0.1, -0.05) is 54.3 Å². The molecule has 34 heavy (non-hydrogen) atoms. The van der Waals surface area contributed by atoms with Crippen LogP contribution in [0.2, 0.25) is 0 Å². The molecule has 1 fully saturated rings. The van der Waals surface area contributed by atoms with Crippen LogP contribution in [0.3, 0.4) is 0 Å². The summed E-state index contributed by atoms with van der Waals surface area (Å²) in [4.78, 5) is 25.5. The molecule has 0 saturated carbocycles. The van der Waals surface area contributed by atoms with Crippen molar-refractivity contribution in [3.8, 4) is 0 Å². The first-order valence-corrected chi connectivity index (χ1v) is 11.5. The molecule has 6 nitrogen and oxygen atoms in total. The maximum atomic E-state index is 13.3. The summed E-state index contributed by atoms with van der Waals surface area (Å²) < 4.78 is 15.7. The van der Waals surface area contributed by atoms with Gasteiger partial charge in [-0.15, -0.1) is 0 Å². The van der Waals surface area contributed by atoms with E-state index in [4.69, 9.17) is 12.2 Å². The van der Waals surface area contributed by atoms with Gasteiger partial charge in [0.2, 0.25) is 0 Å². The largest absolute Gasteiger partial charge is 0.342 e. The number of carbonyl (C=O) groups is 1. The number of benzene rings is 3. The minimum atomic E-state index is -0.422. The fourth-order valence-electron chi connectivity index (χ4n) is 3.86. The highest BCUT2D eigenvalue weighted by Gasteiger charge is 2.33. The Morgan fingerprint density at radius 1 is 1.03 bits per heavy atom. The first-order chi connectivity index (χ1) is 16.4. The molecular formula is C25H16FN3O3S2. The maximum absolute atomic E-state index is 13.3. The number of hydrogen-bond donors (Lipinski definition) is 0. The molecular weight excluding hydrogens is 473 g/mol. The van der Waals surface area contributed by atoms with E-state index in [2.05, 4.69) is 0 Å². The van der Waals surface area contributed by atoms with Crippen molar-refractivity contribution in [2.24, 2.45) is 0 Å². The molecule has 0 aliphatic carbocycles. The van der Waals surface area contributed by atoms with Gasteiger partial charge in [-0.2, -0.15) is 0 Å². The monoisotopic (exact) mass is 489 g/mol. The average molecular weight is 490 g/mol. The highest BCUT2D eigenvalue weighted by atomic mass is 32.2. The normalized spacial score (nSPS) is 15.0. The molecule has 1 aromatic heterocycles. The minimum Gasteiger partial charge on any atom is -0.342 e. The number of halogens is 1.